The van der Waals surface area contributed by atoms with Gasteiger partial charge in [0.25, 0.3) is 11.5 Å². The molecule has 1 aromatic heterocycles. The number of hydrogen-bond acceptors (Lipinski definition) is 3. The molecule has 5 nitrogen and oxygen atoms in total. The molecule has 1 atom stereocenters. The molecule has 1 aliphatic heterocycles. The number of amides is 1. The summed E-state index contributed by atoms with van der Waals surface area (Å²) in [6.07, 6.45) is 0.934. The van der Waals surface area contributed by atoms with E-state index in [9.17, 15) is 9.59 Å². The van der Waals surface area contributed by atoms with Crippen molar-refractivity contribution in [2.75, 3.05) is 26.8 Å². The smallest absolute Gasteiger partial charge is 0.260 e. The second kappa shape index (κ2) is 5.35. The third-order valence-electron chi connectivity index (χ3n) is 3.26. The highest BCUT2D eigenvalue weighted by Crippen LogP contribution is 2.17. The summed E-state index contributed by atoms with van der Waals surface area (Å²) in [6.45, 7) is 3.81. The fraction of sp³-hybridized carbons (Fsp3) is 0.538. The third kappa shape index (κ3) is 2.61. The van der Waals surface area contributed by atoms with Gasteiger partial charge in [-0.15, -0.1) is 0 Å². The maximum absolute atomic E-state index is 12.2. The molecule has 0 radical (unpaired) electrons. The standard InChI is InChI=1S/C13H18N2O3/c1-9-3-4-11(12(16)14-9)13(17)15-6-5-10(7-15)8-18-2/h3-4,10H,5-8H2,1-2H3,(H,14,16)/t10-/m0/s1. The molecule has 1 aliphatic rings. The number of aromatic amines is 1. The number of hydrogen-bond donors (Lipinski definition) is 1. The largest absolute Gasteiger partial charge is 0.384 e. The number of ether oxygens (including phenoxy) is 1. The number of aromatic nitrogens is 1. The zero-order chi connectivity index (χ0) is 13.1. The van der Waals surface area contributed by atoms with E-state index in [4.69, 9.17) is 4.74 Å². The van der Waals surface area contributed by atoms with Crippen molar-refractivity contribution in [1.29, 1.82) is 0 Å². The SMILES string of the molecule is COC[C@H]1CCN(C(=O)c2ccc(C)[nH]c2=O)C1. The Balaban J connectivity index is 2.10. The maximum Gasteiger partial charge on any atom is 0.260 e. The number of methoxy groups -OCH3 is 1. The van der Waals surface area contributed by atoms with Gasteiger partial charge in [-0.3, -0.25) is 9.59 Å². The van der Waals surface area contributed by atoms with Gasteiger partial charge in [-0.2, -0.15) is 0 Å². The Kier molecular flexibility index (Phi) is 3.81. The van der Waals surface area contributed by atoms with Crippen molar-refractivity contribution in [2.24, 2.45) is 5.92 Å². The van der Waals surface area contributed by atoms with Gasteiger partial charge in [-0.1, -0.05) is 0 Å². The third-order valence-corrected chi connectivity index (χ3v) is 3.26. The number of likely N-dealkylation sites (tertiary alicyclic amines) is 1. The Morgan fingerprint density at radius 3 is 3.00 bits per heavy atom. The van der Waals surface area contributed by atoms with Crippen molar-refractivity contribution in [1.82, 2.24) is 9.88 Å². The molecule has 2 heterocycles. The molecule has 1 amide bonds. The van der Waals surface area contributed by atoms with Gasteiger partial charge < -0.3 is 14.6 Å². The molecular formula is C13H18N2O3. The van der Waals surface area contributed by atoms with Crippen molar-refractivity contribution < 1.29 is 9.53 Å². The van der Waals surface area contributed by atoms with E-state index in [1.807, 2.05) is 0 Å². The summed E-state index contributed by atoms with van der Waals surface area (Å²) < 4.78 is 5.09. The number of aryl methyl sites for hydroxylation is 1. The second-order valence-electron chi connectivity index (χ2n) is 4.75. The van der Waals surface area contributed by atoms with Crippen LogP contribution in [0.4, 0.5) is 0 Å². The van der Waals surface area contributed by atoms with Crippen LogP contribution in [0.25, 0.3) is 0 Å². The molecule has 1 N–H and O–H groups in total. The van der Waals surface area contributed by atoms with Gasteiger partial charge in [-0.25, -0.2) is 0 Å². The second-order valence-corrected chi connectivity index (χ2v) is 4.75. The summed E-state index contributed by atoms with van der Waals surface area (Å²) in [7, 11) is 1.66. The van der Waals surface area contributed by atoms with Crippen LogP contribution in [0.2, 0.25) is 0 Å². The quantitative estimate of drug-likeness (QED) is 0.862. The highest BCUT2D eigenvalue weighted by molar-refractivity contribution is 5.94. The van der Waals surface area contributed by atoms with Gasteiger partial charge in [-0.05, 0) is 25.5 Å². The zero-order valence-corrected chi connectivity index (χ0v) is 10.7. The monoisotopic (exact) mass is 250 g/mol. The Hall–Kier alpha value is -1.62. The van der Waals surface area contributed by atoms with Crippen molar-refractivity contribution in [3.63, 3.8) is 0 Å². The molecule has 0 aliphatic carbocycles. The van der Waals surface area contributed by atoms with Crippen LogP contribution in [-0.2, 0) is 4.74 Å². The first kappa shape index (κ1) is 12.8. The predicted molar refractivity (Wildman–Crippen MR) is 67.7 cm³/mol. The predicted octanol–water partition coefficient (Wildman–Crippen LogP) is 0.792. The van der Waals surface area contributed by atoms with E-state index >= 15 is 0 Å². The van der Waals surface area contributed by atoms with Crippen LogP contribution < -0.4 is 5.56 Å². The molecule has 18 heavy (non-hydrogen) atoms. The summed E-state index contributed by atoms with van der Waals surface area (Å²) in [5, 5.41) is 0. The Labute approximate surface area is 106 Å². The molecule has 98 valence electrons. The Morgan fingerprint density at radius 1 is 1.56 bits per heavy atom. The van der Waals surface area contributed by atoms with Crippen LogP contribution in [0.15, 0.2) is 16.9 Å². The lowest BCUT2D eigenvalue weighted by Crippen LogP contribution is -2.33. The average Bonchev–Trinajstić information content (AvgIpc) is 2.77. The van der Waals surface area contributed by atoms with Crippen LogP contribution in [0.5, 0.6) is 0 Å². The van der Waals surface area contributed by atoms with E-state index < -0.39 is 0 Å². The number of carbonyl (C=O) groups is 1. The Bertz CT molecular complexity index is 495. The van der Waals surface area contributed by atoms with Gasteiger partial charge in [0, 0.05) is 31.8 Å². The Morgan fingerprint density at radius 2 is 2.33 bits per heavy atom. The van der Waals surface area contributed by atoms with E-state index in [0.29, 0.717) is 25.6 Å². The minimum Gasteiger partial charge on any atom is -0.384 e. The summed E-state index contributed by atoms with van der Waals surface area (Å²) in [5.74, 6) is 0.193. The molecule has 0 aromatic carbocycles. The summed E-state index contributed by atoms with van der Waals surface area (Å²) in [6, 6.07) is 3.34. The minimum atomic E-state index is -0.310. The first-order chi connectivity index (χ1) is 8.61. The van der Waals surface area contributed by atoms with E-state index in [2.05, 4.69) is 4.98 Å². The molecular weight excluding hydrogens is 232 g/mol. The van der Waals surface area contributed by atoms with E-state index in [1.165, 1.54) is 0 Å². The van der Waals surface area contributed by atoms with Gasteiger partial charge in [0.2, 0.25) is 0 Å². The van der Waals surface area contributed by atoms with E-state index in [-0.39, 0.29) is 17.0 Å². The number of nitrogens with zero attached hydrogens (tertiary/aromatic N) is 1. The van der Waals surface area contributed by atoms with Gasteiger partial charge in [0.15, 0.2) is 0 Å². The lowest BCUT2D eigenvalue weighted by atomic mass is 10.1. The summed E-state index contributed by atoms with van der Waals surface area (Å²) in [4.78, 5) is 28.3. The van der Waals surface area contributed by atoms with Crippen LogP contribution >= 0.6 is 0 Å². The van der Waals surface area contributed by atoms with Crippen molar-refractivity contribution in [3.05, 3.63) is 33.7 Å². The van der Waals surface area contributed by atoms with Crippen LogP contribution in [0.3, 0.4) is 0 Å². The van der Waals surface area contributed by atoms with Crippen molar-refractivity contribution in [2.45, 2.75) is 13.3 Å². The van der Waals surface area contributed by atoms with Crippen LogP contribution in [0, 0.1) is 12.8 Å². The van der Waals surface area contributed by atoms with Gasteiger partial charge >= 0.3 is 0 Å². The fourth-order valence-corrected chi connectivity index (χ4v) is 2.30. The van der Waals surface area contributed by atoms with E-state index in [1.54, 1.807) is 31.1 Å². The molecule has 0 saturated carbocycles. The number of H-pyrrole nitrogens is 1. The number of carbonyl (C=O) groups excluding carboxylic acids is 1. The molecule has 1 fully saturated rings. The lowest BCUT2D eigenvalue weighted by Gasteiger charge is -2.16. The minimum absolute atomic E-state index is 0.185. The number of rotatable bonds is 3. The van der Waals surface area contributed by atoms with Crippen molar-refractivity contribution in [3.8, 4) is 0 Å². The molecule has 0 spiro atoms. The summed E-state index contributed by atoms with van der Waals surface area (Å²) >= 11 is 0. The highest BCUT2D eigenvalue weighted by atomic mass is 16.5. The first-order valence-corrected chi connectivity index (χ1v) is 6.10. The molecule has 0 bridgehead atoms. The van der Waals surface area contributed by atoms with E-state index in [0.717, 1.165) is 12.1 Å². The summed E-state index contributed by atoms with van der Waals surface area (Å²) in [5.41, 5.74) is 0.670. The van der Waals surface area contributed by atoms with Gasteiger partial charge in [0.1, 0.15) is 5.56 Å². The van der Waals surface area contributed by atoms with Crippen LogP contribution in [-0.4, -0.2) is 42.6 Å². The number of nitrogens with one attached hydrogen (secondary N) is 1. The fourth-order valence-electron chi connectivity index (χ4n) is 2.30. The number of pyridine rings is 1. The van der Waals surface area contributed by atoms with Crippen LogP contribution in [0.1, 0.15) is 22.5 Å². The maximum atomic E-state index is 12.2. The molecule has 0 unspecified atom stereocenters. The van der Waals surface area contributed by atoms with Crippen molar-refractivity contribution >= 4 is 5.91 Å². The first-order valence-electron chi connectivity index (χ1n) is 6.10. The zero-order valence-electron chi connectivity index (χ0n) is 10.7. The average molecular weight is 250 g/mol. The van der Waals surface area contributed by atoms with Gasteiger partial charge in [0.05, 0.1) is 6.61 Å². The molecule has 5 heteroatoms. The molecule has 2 rings (SSSR count). The highest BCUT2D eigenvalue weighted by Gasteiger charge is 2.27. The topological polar surface area (TPSA) is 62.4 Å². The normalized spacial score (nSPS) is 19.2. The lowest BCUT2D eigenvalue weighted by molar-refractivity contribution is 0.0773. The molecule has 1 saturated heterocycles. The molecule has 1 aromatic rings.